The summed E-state index contributed by atoms with van der Waals surface area (Å²) >= 11 is 0. The maximum absolute atomic E-state index is 14.1. The number of hydrogen-bond donors (Lipinski definition) is 2. The summed E-state index contributed by atoms with van der Waals surface area (Å²) in [7, 11) is 0. The molecule has 3 aromatic carbocycles. The van der Waals surface area contributed by atoms with Crippen LogP contribution in [0.5, 0.6) is 0 Å². The van der Waals surface area contributed by atoms with Crippen molar-refractivity contribution in [3.63, 3.8) is 0 Å². The molecular formula is C33H31F6N5O5. The molecule has 1 fully saturated rings. The first-order valence-electron chi connectivity index (χ1n) is 14.9. The Balaban J connectivity index is 1.57. The Labute approximate surface area is 275 Å². The van der Waals surface area contributed by atoms with E-state index in [1.807, 2.05) is 0 Å². The Bertz CT molecular complexity index is 1800. The summed E-state index contributed by atoms with van der Waals surface area (Å²) in [5.41, 5.74) is -5.75. The lowest BCUT2D eigenvalue weighted by molar-refractivity contribution is -0.143. The lowest BCUT2D eigenvalue weighted by atomic mass is 9.75. The van der Waals surface area contributed by atoms with Crippen molar-refractivity contribution in [2.45, 2.75) is 55.9 Å². The molecule has 4 aromatic rings. The van der Waals surface area contributed by atoms with E-state index in [0.29, 0.717) is 23.3 Å². The molecular weight excluding hydrogens is 660 g/mol. The van der Waals surface area contributed by atoms with E-state index in [4.69, 9.17) is 9.47 Å². The first-order chi connectivity index (χ1) is 23.2. The van der Waals surface area contributed by atoms with Crippen molar-refractivity contribution in [2.75, 3.05) is 13.2 Å². The standard InChI is InChI=1S/C33H31F6N5O5/c1-22(24-14-26(32(34,35)36)16-27(15-24)33(37,38)39)49-20-31(25-10-6-3-7-11-25)13-12-30(18-41-47,44-21-40-42-28(44)45)19-43(31)29(46)48-17-23-8-4-2-5-9-23/h2-11,14-16,18,21-22,47H,12-13,17,19-20H2,1H3,(H,42,45)/b41-18+/t22-,30-,31-/m1/s1. The van der Waals surface area contributed by atoms with Crippen LogP contribution in [-0.2, 0) is 39.5 Å². The molecule has 1 aliphatic rings. The number of benzene rings is 3. The highest BCUT2D eigenvalue weighted by Gasteiger charge is 2.53. The van der Waals surface area contributed by atoms with Crippen molar-refractivity contribution < 1.29 is 45.8 Å². The third kappa shape index (κ3) is 7.48. The predicted molar refractivity (Wildman–Crippen MR) is 163 cm³/mol. The smallest absolute Gasteiger partial charge is 0.416 e. The number of aromatic amines is 1. The molecule has 5 rings (SSSR count). The number of carbonyl (C=O) groups excluding carboxylic acids is 1. The Hall–Kier alpha value is -5.12. The molecule has 0 unspecified atom stereocenters. The first-order valence-corrected chi connectivity index (χ1v) is 14.9. The van der Waals surface area contributed by atoms with Crippen LogP contribution in [0.4, 0.5) is 31.1 Å². The predicted octanol–water partition coefficient (Wildman–Crippen LogP) is 6.87. The molecule has 2 N–H and O–H groups in total. The van der Waals surface area contributed by atoms with Gasteiger partial charge in [-0.25, -0.2) is 14.7 Å². The normalized spacial score (nSPS) is 20.8. The molecule has 0 spiro atoms. The summed E-state index contributed by atoms with van der Waals surface area (Å²) in [5.74, 6) is 0. The van der Waals surface area contributed by atoms with Crippen LogP contribution in [0.15, 0.2) is 95.1 Å². The summed E-state index contributed by atoms with van der Waals surface area (Å²) in [6, 6.07) is 18.4. The zero-order valence-electron chi connectivity index (χ0n) is 25.9. The van der Waals surface area contributed by atoms with Crippen molar-refractivity contribution in [1.82, 2.24) is 19.7 Å². The fraction of sp³-hybridized carbons (Fsp3) is 0.333. The summed E-state index contributed by atoms with van der Waals surface area (Å²) < 4.78 is 94.9. The van der Waals surface area contributed by atoms with E-state index in [0.717, 1.165) is 10.8 Å². The minimum atomic E-state index is -5.06. The van der Waals surface area contributed by atoms with Gasteiger partial charge in [0.15, 0.2) is 0 Å². The first kappa shape index (κ1) is 35.2. The number of nitrogens with one attached hydrogen (secondary N) is 1. The van der Waals surface area contributed by atoms with Gasteiger partial charge in [0.1, 0.15) is 18.5 Å². The highest BCUT2D eigenvalue weighted by molar-refractivity contribution is 5.74. The van der Waals surface area contributed by atoms with Crippen LogP contribution in [-0.4, -0.2) is 50.3 Å². The minimum Gasteiger partial charge on any atom is -0.445 e. The maximum Gasteiger partial charge on any atom is 0.416 e. The summed E-state index contributed by atoms with van der Waals surface area (Å²) in [5, 5.41) is 18.9. The Morgan fingerprint density at radius 1 is 1.00 bits per heavy atom. The van der Waals surface area contributed by atoms with Gasteiger partial charge in [0.25, 0.3) is 0 Å². The summed E-state index contributed by atoms with van der Waals surface area (Å²) in [6.07, 6.45) is -10.0. The van der Waals surface area contributed by atoms with E-state index in [-0.39, 0.29) is 37.6 Å². The molecule has 1 amide bonds. The number of likely N-dealkylation sites (tertiary alicyclic amines) is 1. The third-order valence-electron chi connectivity index (χ3n) is 8.64. The second-order valence-electron chi connectivity index (χ2n) is 11.7. The van der Waals surface area contributed by atoms with Crippen LogP contribution in [0.1, 0.15) is 53.7 Å². The van der Waals surface area contributed by atoms with Gasteiger partial charge in [0.2, 0.25) is 0 Å². The van der Waals surface area contributed by atoms with Crippen molar-refractivity contribution in [1.29, 1.82) is 0 Å². The van der Waals surface area contributed by atoms with Gasteiger partial charge >= 0.3 is 24.1 Å². The van der Waals surface area contributed by atoms with E-state index in [1.54, 1.807) is 60.7 Å². The number of rotatable bonds is 9. The number of halogens is 6. The van der Waals surface area contributed by atoms with E-state index in [2.05, 4.69) is 15.4 Å². The molecule has 1 saturated heterocycles. The molecule has 10 nitrogen and oxygen atoms in total. The van der Waals surface area contributed by atoms with E-state index < -0.39 is 59.1 Å². The highest BCUT2D eigenvalue weighted by atomic mass is 19.4. The van der Waals surface area contributed by atoms with E-state index >= 15 is 0 Å². The van der Waals surface area contributed by atoms with Gasteiger partial charge in [-0.2, -0.15) is 31.4 Å². The molecule has 0 radical (unpaired) electrons. The third-order valence-corrected chi connectivity index (χ3v) is 8.64. The summed E-state index contributed by atoms with van der Waals surface area (Å²) in [6.45, 7) is 0.403. The zero-order valence-corrected chi connectivity index (χ0v) is 25.9. The Morgan fingerprint density at radius 2 is 1.61 bits per heavy atom. The number of piperidine rings is 1. The zero-order chi connectivity index (χ0) is 35.5. The molecule has 0 aliphatic carbocycles. The van der Waals surface area contributed by atoms with Gasteiger partial charge < -0.3 is 14.7 Å². The lowest BCUT2D eigenvalue weighted by Gasteiger charge is -2.52. The Kier molecular flexibility index (Phi) is 9.90. The number of carbonyl (C=O) groups is 1. The molecule has 0 bridgehead atoms. The number of nitrogens with zero attached hydrogens (tertiary/aromatic N) is 4. The quantitative estimate of drug-likeness (QED) is 0.0856. The molecule has 0 saturated carbocycles. The number of aromatic nitrogens is 3. The van der Waals surface area contributed by atoms with Crippen molar-refractivity contribution >= 4 is 12.3 Å². The number of amides is 1. The van der Waals surface area contributed by atoms with Crippen LogP contribution in [0.2, 0.25) is 0 Å². The fourth-order valence-corrected chi connectivity index (χ4v) is 5.99. The maximum atomic E-state index is 14.1. The number of ether oxygens (including phenoxy) is 2. The van der Waals surface area contributed by atoms with Crippen LogP contribution in [0.25, 0.3) is 0 Å². The van der Waals surface area contributed by atoms with Gasteiger partial charge in [-0.15, -0.1) is 0 Å². The van der Waals surface area contributed by atoms with Crippen LogP contribution < -0.4 is 5.69 Å². The average Bonchev–Trinajstić information content (AvgIpc) is 3.53. The van der Waals surface area contributed by atoms with Crippen molar-refractivity contribution in [2.24, 2.45) is 5.16 Å². The number of H-pyrrole nitrogens is 1. The molecule has 3 atom stereocenters. The molecule has 2 heterocycles. The number of hydrogen-bond acceptors (Lipinski definition) is 7. The van der Waals surface area contributed by atoms with Crippen LogP contribution in [0, 0.1) is 0 Å². The highest BCUT2D eigenvalue weighted by Crippen LogP contribution is 2.45. The number of oxime groups is 1. The second-order valence-corrected chi connectivity index (χ2v) is 11.7. The van der Waals surface area contributed by atoms with Gasteiger partial charge in [-0.3, -0.25) is 9.47 Å². The van der Waals surface area contributed by atoms with Crippen LogP contribution in [0.3, 0.4) is 0 Å². The van der Waals surface area contributed by atoms with Crippen LogP contribution >= 0.6 is 0 Å². The average molecular weight is 692 g/mol. The molecule has 49 heavy (non-hydrogen) atoms. The van der Waals surface area contributed by atoms with E-state index in [9.17, 15) is 41.1 Å². The second kappa shape index (κ2) is 13.8. The molecule has 260 valence electrons. The molecule has 1 aliphatic heterocycles. The number of alkyl halides is 6. The topological polar surface area (TPSA) is 122 Å². The van der Waals surface area contributed by atoms with Gasteiger partial charge in [-0.1, -0.05) is 65.8 Å². The SMILES string of the molecule is C[C@@H](OC[C@@]1(c2ccccc2)CC[C@](/C=N/O)(n2cn[nH]c2=O)CN1C(=O)OCc1ccccc1)c1cc(C(F)(F)F)cc(C(F)(F)F)c1. The van der Waals surface area contributed by atoms with Crippen molar-refractivity contribution in [3.8, 4) is 0 Å². The molecule has 1 aromatic heterocycles. The largest absolute Gasteiger partial charge is 0.445 e. The monoisotopic (exact) mass is 691 g/mol. The molecule has 16 heteroatoms. The minimum absolute atomic E-state index is 0.00417. The van der Waals surface area contributed by atoms with Crippen molar-refractivity contribution in [3.05, 3.63) is 123 Å². The fourth-order valence-electron chi connectivity index (χ4n) is 5.99. The van der Waals surface area contributed by atoms with E-state index in [1.165, 1.54) is 18.2 Å². The van der Waals surface area contributed by atoms with Gasteiger partial charge in [-0.05, 0) is 54.7 Å². The lowest BCUT2D eigenvalue weighted by Crippen LogP contribution is -2.64. The van der Waals surface area contributed by atoms with Gasteiger partial charge in [0.05, 0.1) is 42.1 Å². The summed E-state index contributed by atoms with van der Waals surface area (Å²) in [4.78, 5) is 28.2. The Morgan fingerprint density at radius 3 is 2.16 bits per heavy atom. The van der Waals surface area contributed by atoms with Gasteiger partial charge in [0, 0.05) is 0 Å².